The smallest absolute Gasteiger partial charge is 0.238 e. The number of hydrogen-bond acceptors (Lipinski definition) is 8. The molecule has 0 bridgehead atoms. The molecule has 1 saturated heterocycles. The Balaban J connectivity index is 1.67. The number of ether oxygens (including phenoxy) is 2. The first-order chi connectivity index (χ1) is 16.3. The van der Waals surface area contributed by atoms with Crippen LogP contribution >= 0.6 is 11.6 Å². The molecule has 4 rings (SSSR count). The maximum absolute atomic E-state index is 13.4. The molecule has 182 valence electrons. The molecule has 10 nitrogen and oxygen atoms in total. The number of hydrogen-bond donors (Lipinski definition) is 1. The normalized spacial score (nSPS) is 16.7. The van der Waals surface area contributed by atoms with Crippen molar-refractivity contribution >= 4 is 27.6 Å². The highest BCUT2D eigenvalue weighted by molar-refractivity contribution is 7.93. The van der Waals surface area contributed by atoms with Crippen molar-refractivity contribution in [3.63, 3.8) is 0 Å². The van der Waals surface area contributed by atoms with Gasteiger partial charge in [-0.05, 0) is 38.0 Å². The lowest BCUT2D eigenvalue weighted by Crippen LogP contribution is -2.32. The zero-order valence-corrected chi connectivity index (χ0v) is 20.8. The number of halogens is 1. The Hall–Kier alpha value is -2.76. The largest absolute Gasteiger partial charge is 0.481 e. The van der Waals surface area contributed by atoms with Crippen LogP contribution in [0.3, 0.4) is 0 Å². The topological polar surface area (TPSA) is 121 Å². The van der Waals surface area contributed by atoms with Crippen molar-refractivity contribution in [2.75, 3.05) is 25.0 Å². The van der Waals surface area contributed by atoms with Crippen LogP contribution in [0.15, 0.2) is 36.5 Å². The van der Waals surface area contributed by atoms with Gasteiger partial charge in [-0.25, -0.2) is 13.4 Å². The van der Waals surface area contributed by atoms with Crippen molar-refractivity contribution < 1.29 is 17.9 Å². The molecule has 0 spiro atoms. The number of rotatable bonds is 8. The fraction of sp³-hybridized carbons (Fsp3) is 0.455. The van der Waals surface area contributed by atoms with Crippen LogP contribution in [0, 0.1) is 0 Å². The molecule has 0 amide bonds. The number of pyridine rings is 2. The number of methoxy groups -OCH3 is 1. The number of nitrogens with zero attached hydrogens (tertiary/aromatic N) is 5. The van der Waals surface area contributed by atoms with E-state index in [-0.39, 0.29) is 17.9 Å². The second kappa shape index (κ2) is 10.2. The van der Waals surface area contributed by atoms with Gasteiger partial charge < -0.3 is 9.47 Å². The fourth-order valence-electron chi connectivity index (χ4n) is 3.86. The molecule has 0 aliphatic carbocycles. The van der Waals surface area contributed by atoms with Gasteiger partial charge in [0, 0.05) is 43.1 Å². The van der Waals surface area contributed by atoms with E-state index in [2.05, 4.69) is 24.9 Å². The molecule has 3 aromatic heterocycles. The molecule has 2 atom stereocenters. The van der Waals surface area contributed by atoms with Crippen LogP contribution in [-0.2, 0) is 14.8 Å². The minimum absolute atomic E-state index is 0.0462. The summed E-state index contributed by atoms with van der Waals surface area (Å²) >= 11 is 5.92. The molecular weight excluding hydrogens is 480 g/mol. The van der Waals surface area contributed by atoms with Crippen LogP contribution in [0.4, 0.5) is 5.95 Å². The first kappa shape index (κ1) is 24.4. The van der Waals surface area contributed by atoms with Gasteiger partial charge in [-0.3, -0.25) is 14.3 Å². The monoisotopic (exact) mass is 506 g/mol. The third-order valence-electron chi connectivity index (χ3n) is 6.06. The van der Waals surface area contributed by atoms with Gasteiger partial charge in [-0.2, -0.15) is 0 Å². The van der Waals surface area contributed by atoms with Gasteiger partial charge >= 0.3 is 0 Å². The summed E-state index contributed by atoms with van der Waals surface area (Å²) in [6, 6.07) is 8.71. The molecule has 1 N–H and O–H groups in total. The van der Waals surface area contributed by atoms with Gasteiger partial charge in [0.2, 0.25) is 21.9 Å². The first-order valence-corrected chi connectivity index (χ1v) is 12.9. The molecule has 12 heteroatoms. The second-order valence-corrected chi connectivity index (χ2v) is 10.6. The average molecular weight is 507 g/mol. The maximum atomic E-state index is 13.4. The first-order valence-electron chi connectivity index (χ1n) is 11.0. The number of sulfonamides is 1. The van der Waals surface area contributed by atoms with Crippen molar-refractivity contribution in [1.29, 1.82) is 0 Å². The summed E-state index contributed by atoms with van der Waals surface area (Å²) in [6.45, 7) is 4.59. The van der Waals surface area contributed by atoms with E-state index < -0.39 is 15.3 Å². The Bertz CT molecular complexity index is 1230. The second-order valence-electron chi connectivity index (χ2n) is 8.17. The highest BCUT2D eigenvalue weighted by atomic mass is 35.5. The molecule has 3 aromatic rings. The van der Waals surface area contributed by atoms with Crippen LogP contribution in [0.1, 0.15) is 44.3 Å². The summed E-state index contributed by atoms with van der Waals surface area (Å²) in [7, 11) is -2.30. The quantitative estimate of drug-likeness (QED) is 0.491. The van der Waals surface area contributed by atoms with Crippen molar-refractivity contribution in [2.45, 2.75) is 43.9 Å². The predicted octanol–water partition coefficient (Wildman–Crippen LogP) is 3.68. The van der Waals surface area contributed by atoms with Crippen molar-refractivity contribution in [2.24, 2.45) is 0 Å². The summed E-state index contributed by atoms with van der Waals surface area (Å²) in [4.78, 5) is 8.74. The molecular formula is C22H27ClN6O4S. The van der Waals surface area contributed by atoms with E-state index in [4.69, 9.17) is 21.1 Å². The van der Waals surface area contributed by atoms with Crippen molar-refractivity contribution in [3.8, 4) is 17.4 Å². The van der Waals surface area contributed by atoms with Crippen LogP contribution < -0.4 is 9.46 Å². The van der Waals surface area contributed by atoms with Crippen LogP contribution in [0.2, 0.25) is 5.02 Å². The van der Waals surface area contributed by atoms with Crippen molar-refractivity contribution in [1.82, 2.24) is 24.7 Å². The molecule has 0 aromatic carbocycles. The van der Waals surface area contributed by atoms with E-state index in [0.717, 1.165) is 0 Å². The zero-order valence-electron chi connectivity index (χ0n) is 19.2. The third-order valence-corrected chi connectivity index (χ3v) is 8.14. The maximum Gasteiger partial charge on any atom is 0.238 e. The molecule has 1 aliphatic heterocycles. The molecule has 1 fully saturated rings. The average Bonchev–Trinajstić information content (AvgIpc) is 3.27. The van der Waals surface area contributed by atoms with Gasteiger partial charge in [0.15, 0.2) is 5.82 Å². The Morgan fingerprint density at radius 1 is 1.18 bits per heavy atom. The van der Waals surface area contributed by atoms with E-state index in [1.807, 2.05) is 6.92 Å². The van der Waals surface area contributed by atoms with E-state index in [1.165, 1.54) is 13.3 Å². The summed E-state index contributed by atoms with van der Waals surface area (Å²) in [5.74, 6) is 0.658. The third kappa shape index (κ3) is 5.16. The Morgan fingerprint density at radius 3 is 2.62 bits per heavy atom. The fourth-order valence-corrected chi connectivity index (χ4v) is 5.23. The standard InChI is InChI=1S/C22H27ClN6O4S/c1-14(18-8-7-16(23)13-24-18)15(2)34(30,31)28-22-27-26-21(19-5-4-6-20(25-19)32-3)29(22)17-9-11-33-12-10-17/h4-8,13-15,17H,9-12H2,1-3H3,(H,27,28)/t14-,15-/m0/s1. The van der Waals surface area contributed by atoms with E-state index in [0.29, 0.717) is 54.2 Å². The molecule has 0 unspecified atom stereocenters. The molecule has 4 heterocycles. The SMILES string of the molecule is COc1cccc(-c2nnc(NS(=O)(=O)[C@@H](C)[C@H](C)c3ccc(Cl)cn3)n2C2CCOCC2)n1. The van der Waals surface area contributed by atoms with Gasteiger partial charge in [0.1, 0.15) is 5.69 Å². The Morgan fingerprint density at radius 2 is 1.94 bits per heavy atom. The lowest BCUT2D eigenvalue weighted by atomic mass is 10.0. The highest BCUT2D eigenvalue weighted by Gasteiger charge is 2.32. The number of aromatic nitrogens is 5. The zero-order chi connectivity index (χ0) is 24.3. The van der Waals surface area contributed by atoms with Crippen LogP contribution in [0.5, 0.6) is 5.88 Å². The van der Waals surface area contributed by atoms with E-state index in [9.17, 15) is 8.42 Å². The van der Waals surface area contributed by atoms with Crippen LogP contribution in [0.25, 0.3) is 11.5 Å². The number of anilines is 1. The molecule has 1 aliphatic rings. The molecule has 0 saturated carbocycles. The van der Waals surface area contributed by atoms with E-state index >= 15 is 0 Å². The minimum atomic E-state index is -3.84. The summed E-state index contributed by atoms with van der Waals surface area (Å²) in [6.07, 6.45) is 2.91. The lowest BCUT2D eigenvalue weighted by Gasteiger charge is -2.26. The van der Waals surface area contributed by atoms with Crippen molar-refractivity contribution in [3.05, 3.63) is 47.2 Å². The summed E-state index contributed by atoms with van der Waals surface area (Å²) < 4.78 is 41.9. The van der Waals surface area contributed by atoms with E-state index in [1.54, 1.807) is 41.8 Å². The predicted molar refractivity (Wildman–Crippen MR) is 129 cm³/mol. The minimum Gasteiger partial charge on any atom is -0.481 e. The highest BCUT2D eigenvalue weighted by Crippen LogP contribution is 2.32. The van der Waals surface area contributed by atoms with Gasteiger partial charge in [0.05, 0.1) is 17.4 Å². The van der Waals surface area contributed by atoms with Gasteiger partial charge in [-0.1, -0.05) is 24.6 Å². The van der Waals surface area contributed by atoms with Gasteiger partial charge in [0.25, 0.3) is 0 Å². The molecule has 0 radical (unpaired) electrons. The lowest BCUT2D eigenvalue weighted by molar-refractivity contribution is 0.0704. The molecule has 34 heavy (non-hydrogen) atoms. The van der Waals surface area contributed by atoms with Gasteiger partial charge in [-0.15, -0.1) is 10.2 Å². The van der Waals surface area contributed by atoms with Crippen LogP contribution in [-0.4, -0.2) is 58.7 Å². The summed E-state index contributed by atoms with van der Waals surface area (Å²) in [5.41, 5.74) is 1.17. The summed E-state index contributed by atoms with van der Waals surface area (Å²) in [5, 5.41) is 8.20. The Labute approximate surface area is 203 Å². The Kier molecular flexibility index (Phi) is 7.34. The number of nitrogens with one attached hydrogen (secondary N) is 1.